The van der Waals surface area contributed by atoms with Crippen LogP contribution in [-0.4, -0.2) is 36.7 Å². The molecule has 0 bridgehead atoms. The van der Waals surface area contributed by atoms with Crippen molar-refractivity contribution in [1.29, 1.82) is 0 Å². The van der Waals surface area contributed by atoms with Crippen LogP contribution in [0, 0.1) is 13.8 Å². The van der Waals surface area contributed by atoms with Gasteiger partial charge in [-0.3, -0.25) is 9.59 Å². The van der Waals surface area contributed by atoms with Crippen LogP contribution in [0.15, 0.2) is 53.6 Å². The Labute approximate surface area is 218 Å². The molecule has 0 aliphatic rings. The van der Waals surface area contributed by atoms with Gasteiger partial charge in [0.05, 0.1) is 18.4 Å². The summed E-state index contributed by atoms with van der Waals surface area (Å²) in [4.78, 5) is 38.3. The summed E-state index contributed by atoms with van der Waals surface area (Å²) in [7, 11) is 0. The number of amides is 2. The topological polar surface area (TPSA) is 106 Å². The molecule has 0 fully saturated rings. The summed E-state index contributed by atoms with van der Waals surface area (Å²) >= 11 is 7.16. The average molecular weight is 528 g/mol. The SMILES string of the molecule is CCOC(=O)c1c(NC(=O)c2ccc(O[C@H](C)C(=O)N/N=C\c3ccc(Cl)cc3)cc2)sc(C)c1C. The lowest BCUT2D eigenvalue weighted by Crippen LogP contribution is -2.33. The number of carbonyl (C=O) groups excluding carboxylic acids is 3. The van der Waals surface area contributed by atoms with Crippen molar-refractivity contribution < 1.29 is 23.9 Å². The van der Waals surface area contributed by atoms with Gasteiger partial charge in [0.1, 0.15) is 10.8 Å². The Bertz CT molecular complexity index is 1270. The Morgan fingerprint density at radius 2 is 1.75 bits per heavy atom. The van der Waals surface area contributed by atoms with Crippen LogP contribution < -0.4 is 15.5 Å². The molecular weight excluding hydrogens is 502 g/mol. The number of carbonyl (C=O) groups is 3. The summed E-state index contributed by atoms with van der Waals surface area (Å²) < 4.78 is 10.8. The molecule has 8 nitrogen and oxygen atoms in total. The number of hydrazone groups is 1. The van der Waals surface area contributed by atoms with E-state index < -0.39 is 18.0 Å². The van der Waals surface area contributed by atoms with E-state index >= 15 is 0 Å². The average Bonchev–Trinajstić information content (AvgIpc) is 3.13. The number of thiophene rings is 1. The molecule has 2 amide bonds. The first-order valence-electron chi connectivity index (χ1n) is 11.1. The summed E-state index contributed by atoms with van der Waals surface area (Å²) in [5, 5.41) is 7.77. The first kappa shape index (κ1) is 26.9. The molecule has 0 radical (unpaired) electrons. The number of ether oxygens (including phenoxy) is 2. The van der Waals surface area contributed by atoms with E-state index in [2.05, 4.69) is 15.8 Å². The molecular formula is C26H26ClN3O5S. The number of rotatable bonds is 9. The molecule has 1 atom stereocenters. The molecule has 1 aromatic heterocycles. The van der Waals surface area contributed by atoms with Crippen molar-refractivity contribution in [3.05, 3.63) is 80.7 Å². The van der Waals surface area contributed by atoms with Crippen molar-refractivity contribution in [2.75, 3.05) is 11.9 Å². The highest BCUT2D eigenvalue weighted by atomic mass is 35.5. The zero-order valence-electron chi connectivity index (χ0n) is 20.3. The zero-order chi connectivity index (χ0) is 26.2. The van der Waals surface area contributed by atoms with Gasteiger partial charge in [0, 0.05) is 15.5 Å². The van der Waals surface area contributed by atoms with Crippen LogP contribution in [0.5, 0.6) is 5.75 Å². The number of benzene rings is 2. The maximum absolute atomic E-state index is 12.8. The number of hydrogen-bond acceptors (Lipinski definition) is 7. The minimum absolute atomic E-state index is 0.243. The van der Waals surface area contributed by atoms with Crippen molar-refractivity contribution in [2.45, 2.75) is 33.8 Å². The van der Waals surface area contributed by atoms with Crippen molar-refractivity contribution in [2.24, 2.45) is 5.10 Å². The standard InChI is InChI=1S/C26H26ClN3O5S/c1-5-34-26(33)22-15(2)17(4)36-25(22)29-24(32)19-8-12-21(13-9-19)35-16(3)23(31)30-28-14-18-6-10-20(27)11-7-18/h6-14,16H,5H2,1-4H3,(H,29,32)(H,30,31)/b28-14-/t16-/m1/s1. The minimum atomic E-state index is -0.823. The lowest BCUT2D eigenvalue weighted by molar-refractivity contribution is -0.127. The molecule has 0 spiro atoms. The van der Waals surface area contributed by atoms with Crippen molar-refractivity contribution in [1.82, 2.24) is 5.43 Å². The predicted molar refractivity (Wildman–Crippen MR) is 141 cm³/mol. The molecule has 2 N–H and O–H groups in total. The molecule has 3 rings (SSSR count). The van der Waals surface area contributed by atoms with Gasteiger partial charge in [-0.25, -0.2) is 10.2 Å². The molecule has 0 saturated heterocycles. The van der Waals surface area contributed by atoms with Gasteiger partial charge in [0.2, 0.25) is 0 Å². The fourth-order valence-corrected chi connectivity index (χ4v) is 4.26. The predicted octanol–water partition coefficient (Wildman–Crippen LogP) is 5.36. The highest BCUT2D eigenvalue weighted by molar-refractivity contribution is 7.16. The Hall–Kier alpha value is -3.69. The normalized spacial score (nSPS) is 11.7. The van der Waals surface area contributed by atoms with Gasteiger partial charge in [-0.05, 0) is 75.2 Å². The third-order valence-electron chi connectivity index (χ3n) is 5.15. The number of hydrogen-bond donors (Lipinski definition) is 2. The molecule has 10 heteroatoms. The third-order valence-corrected chi connectivity index (χ3v) is 6.52. The van der Waals surface area contributed by atoms with Gasteiger partial charge < -0.3 is 14.8 Å². The van der Waals surface area contributed by atoms with Gasteiger partial charge in [0.15, 0.2) is 6.10 Å². The lowest BCUT2D eigenvalue weighted by Gasteiger charge is -2.13. The van der Waals surface area contributed by atoms with E-state index in [1.165, 1.54) is 17.6 Å². The Morgan fingerprint density at radius 1 is 1.08 bits per heavy atom. The summed E-state index contributed by atoms with van der Waals surface area (Å²) in [6.45, 7) is 7.26. The molecule has 1 heterocycles. The second-order valence-electron chi connectivity index (χ2n) is 7.73. The second kappa shape index (κ2) is 12.3. The number of anilines is 1. The van der Waals surface area contributed by atoms with Gasteiger partial charge in [0.25, 0.3) is 11.8 Å². The Kier molecular flexibility index (Phi) is 9.21. The van der Waals surface area contributed by atoms with E-state index in [-0.39, 0.29) is 12.5 Å². The fraction of sp³-hybridized carbons (Fsp3) is 0.231. The smallest absolute Gasteiger partial charge is 0.341 e. The van der Waals surface area contributed by atoms with Gasteiger partial charge in [-0.1, -0.05) is 23.7 Å². The highest BCUT2D eigenvalue weighted by Crippen LogP contribution is 2.33. The Morgan fingerprint density at radius 3 is 2.39 bits per heavy atom. The molecule has 0 unspecified atom stereocenters. The number of halogens is 1. The summed E-state index contributed by atoms with van der Waals surface area (Å²) in [5.74, 6) is -0.873. The first-order chi connectivity index (χ1) is 17.2. The van der Waals surface area contributed by atoms with Gasteiger partial charge in [-0.15, -0.1) is 11.3 Å². The highest BCUT2D eigenvalue weighted by Gasteiger charge is 2.22. The molecule has 2 aromatic carbocycles. The van der Waals surface area contributed by atoms with Gasteiger partial charge >= 0.3 is 5.97 Å². The number of nitrogens with one attached hydrogen (secondary N) is 2. The zero-order valence-corrected chi connectivity index (χ0v) is 21.8. The number of nitrogens with zero attached hydrogens (tertiary/aromatic N) is 1. The summed E-state index contributed by atoms with van der Waals surface area (Å²) in [6.07, 6.45) is 0.675. The van der Waals surface area contributed by atoms with E-state index in [9.17, 15) is 14.4 Å². The van der Waals surface area contributed by atoms with Crippen molar-refractivity contribution >= 4 is 51.9 Å². The monoisotopic (exact) mass is 527 g/mol. The molecule has 188 valence electrons. The second-order valence-corrected chi connectivity index (χ2v) is 9.39. The molecule has 3 aromatic rings. The van der Waals surface area contributed by atoms with E-state index in [1.54, 1.807) is 62.4 Å². The maximum atomic E-state index is 12.8. The largest absolute Gasteiger partial charge is 0.481 e. The summed E-state index contributed by atoms with van der Waals surface area (Å²) in [6, 6.07) is 13.3. The quantitative estimate of drug-likeness (QED) is 0.221. The van der Waals surface area contributed by atoms with Gasteiger partial charge in [-0.2, -0.15) is 5.10 Å². The van der Waals surface area contributed by atoms with E-state index in [4.69, 9.17) is 21.1 Å². The third kappa shape index (κ3) is 6.93. The van der Waals surface area contributed by atoms with Crippen LogP contribution in [0.3, 0.4) is 0 Å². The van der Waals surface area contributed by atoms with E-state index in [1.807, 2.05) is 13.8 Å². The van der Waals surface area contributed by atoms with E-state index in [0.717, 1.165) is 16.0 Å². The molecule has 0 aliphatic carbocycles. The van der Waals surface area contributed by atoms with Crippen LogP contribution >= 0.6 is 22.9 Å². The van der Waals surface area contributed by atoms with Crippen LogP contribution in [0.4, 0.5) is 5.00 Å². The summed E-state index contributed by atoms with van der Waals surface area (Å²) in [5.41, 5.74) is 4.72. The van der Waals surface area contributed by atoms with Crippen LogP contribution in [0.1, 0.15) is 50.6 Å². The Balaban J connectivity index is 1.58. The number of aryl methyl sites for hydroxylation is 1. The van der Waals surface area contributed by atoms with Crippen LogP contribution in [-0.2, 0) is 9.53 Å². The fourth-order valence-electron chi connectivity index (χ4n) is 3.09. The van der Waals surface area contributed by atoms with Crippen molar-refractivity contribution in [3.63, 3.8) is 0 Å². The minimum Gasteiger partial charge on any atom is -0.481 e. The first-order valence-corrected chi connectivity index (χ1v) is 12.3. The van der Waals surface area contributed by atoms with Crippen LogP contribution in [0.25, 0.3) is 0 Å². The molecule has 36 heavy (non-hydrogen) atoms. The van der Waals surface area contributed by atoms with E-state index in [0.29, 0.717) is 26.9 Å². The molecule has 0 saturated carbocycles. The molecule has 0 aliphatic heterocycles. The maximum Gasteiger partial charge on any atom is 0.341 e. The van der Waals surface area contributed by atoms with Crippen molar-refractivity contribution in [3.8, 4) is 5.75 Å². The lowest BCUT2D eigenvalue weighted by atomic mass is 10.1. The van der Waals surface area contributed by atoms with Crippen LogP contribution in [0.2, 0.25) is 5.02 Å². The number of esters is 1.